The topological polar surface area (TPSA) is 305 Å². The molecule has 0 aromatic carbocycles. The van der Waals surface area contributed by atoms with Crippen molar-refractivity contribution >= 4 is 56.3 Å². The van der Waals surface area contributed by atoms with E-state index in [9.17, 15) is 52.4 Å². The summed E-state index contributed by atoms with van der Waals surface area (Å²) in [4.78, 5) is 70.9. The molecule has 2 fully saturated rings. The van der Waals surface area contributed by atoms with Gasteiger partial charge in [0.1, 0.15) is 11.7 Å². The van der Waals surface area contributed by atoms with Crippen LogP contribution < -0.4 is 27.1 Å². The van der Waals surface area contributed by atoms with Crippen LogP contribution in [0.25, 0.3) is 0 Å². The zero-order valence-corrected chi connectivity index (χ0v) is 24.0. The number of β-lactam (4-membered cyclic amide) rings is 1. The summed E-state index contributed by atoms with van der Waals surface area (Å²) in [6.07, 6.45) is 1.29. The van der Waals surface area contributed by atoms with Crippen molar-refractivity contribution < 1.29 is 52.4 Å². The number of carbonyl (C=O) groups is 4. The smallest absolute Gasteiger partial charge is 0.362 e. The predicted octanol–water partition coefficient (Wildman–Crippen LogP) is -2.05. The lowest BCUT2D eigenvalue weighted by Crippen LogP contribution is -2.74. The van der Waals surface area contributed by atoms with Crippen LogP contribution in [0.15, 0.2) is 27.5 Å². The first-order valence-electron chi connectivity index (χ1n) is 12.6. The molecule has 0 radical (unpaired) electrons. The second-order valence-corrected chi connectivity index (χ2v) is 11.8. The molecule has 1 aliphatic heterocycles. The summed E-state index contributed by atoms with van der Waals surface area (Å²) in [6.45, 7) is -1.13. The number of nitrogens with two attached hydrogens (primary N) is 1. The number of nitrogens with zero attached hydrogens (tertiary/aromatic N) is 4. The fourth-order valence-corrected chi connectivity index (χ4v) is 5.98. The molecular formula is C22H26N8O12S2. The summed E-state index contributed by atoms with van der Waals surface area (Å²) in [6, 6.07) is -2.55. The zero-order valence-electron chi connectivity index (χ0n) is 22.4. The molecule has 20 nitrogen and oxygen atoms in total. The summed E-state index contributed by atoms with van der Waals surface area (Å²) in [5.41, 5.74) is 2.35. The molecule has 44 heavy (non-hydrogen) atoms. The van der Waals surface area contributed by atoms with Crippen molar-refractivity contribution in [3.8, 4) is 5.88 Å². The van der Waals surface area contributed by atoms with Crippen molar-refractivity contribution in [2.75, 3.05) is 12.3 Å². The summed E-state index contributed by atoms with van der Waals surface area (Å²) >= 11 is 0.917. The number of aromatic hydroxyl groups is 1. The molecule has 22 heteroatoms. The largest absolute Gasteiger partial charge is 0.492 e. The van der Waals surface area contributed by atoms with Crippen LogP contribution in [0, 0.1) is 0 Å². The number of carbonyl (C=O) groups excluding carboxylic acids is 3. The number of carboxylic acid groups (broad SMARTS) is 1. The first kappa shape index (κ1) is 32.0. The highest BCUT2D eigenvalue weighted by Crippen LogP contribution is 2.34. The third kappa shape index (κ3) is 6.65. The quantitative estimate of drug-likeness (QED) is 0.0424. The molecule has 0 spiro atoms. The Morgan fingerprint density at radius 2 is 1.89 bits per heavy atom. The number of amides is 4. The van der Waals surface area contributed by atoms with E-state index in [-0.39, 0.29) is 38.4 Å². The lowest BCUT2D eigenvalue weighted by molar-refractivity contribution is -0.165. The second kappa shape index (κ2) is 12.3. The van der Waals surface area contributed by atoms with Gasteiger partial charge in [-0.2, -0.15) is 13.1 Å². The molecule has 1 saturated carbocycles. The minimum absolute atomic E-state index is 0.0172. The van der Waals surface area contributed by atoms with Gasteiger partial charge in [-0.25, -0.2) is 18.9 Å². The molecule has 4 rings (SSSR count). The number of urea groups is 1. The van der Waals surface area contributed by atoms with Gasteiger partial charge in [0.15, 0.2) is 16.3 Å². The van der Waals surface area contributed by atoms with Crippen molar-refractivity contribution in [3.63, 3.8) is 0 Å². The van der Waals surface area contributed by atoms with E-state index in [1.54, 1.807) is 0 Å². The van der Waals surface area contributed by atoms with Crippen LogP contribution in [-0.4, -0.2) is 96.2 Å². The van der Waals surface area contributed by atoms with Crippen LogP contribution >= 0.6 is 11.3 Å². The molecule has 2 aliphatic rings. The van der Waals surface area contributed by atoms with E-state index < -0.39 is 81.9 Å². The lowest BCUT2D eigenvalue weighted by atomic mass is 9.98. The van der Waals surface area contributed by atoms with Gasteiger partial charge in [0.2, 0.25) is 11.5 Å². The van der Waals surface area contributed by atoms with Crippen LogP contribution in [-0.2, 0) is 36.1 Å². The molecule has 2 aromatic heterocycles. The SMILES string of the molecule is Nc1nc(/C(=N/OC2(C(=O)O)CCCC2)C(=O)N[C@@H]2C(=O)N(S(=O)(=O)O)[C@@H]2CNC(=O)NCc2cc(=O)cc(O)n2O)cs1. The molecule has 3 heterocycles. The van der Waals surface area contributed by atoms with E-state index in [4.69, 9.17) is 10.6 Å². The van der Waals surface area contributed by atoms with Gasteiger partial charge in [0, 0.05) is 36.9 Å². The summed E-state index contributed by atoms with van der Waals surface area (Å²) < 4.78 is 33.5. The van der Waals surface area contributed by atoms with Crippen molar-refractivity contribution in [2.45, 2.75) is 49.9 Å². The Bertz CT molecular complexity index is 1680. The number of hydrogen-bond acceptors (Lipinski definition) is 14. The second-order valence-electron chi connectivity index (χ2n) is 9.66. The molecule has 2 atom stereocenters. The van der Waals surface area contributed by atoms with E-state index in [0.29, 0.717) is 12.8 Å². The summed E-state index contributed by atoms with van der Waals surface area (Å²) in [5, 5.41) is 40.7. The van der Waals surface area contributed by atoms with Crippen LogP contribution in [0.1, 0.15) is 37.1 Å². The number of anilines is 1. The number of rotatable bonds is 11. The fraction of sp³-hybridized carbons (Fsp3) is 0.409. The minimum Gasteiger partial charge on any atom is -0.492 e. The fourth-order valence-electron chi connectivity index (χ4n) is 4.55. The van der Waals surface area contributed by atoms with E-state index in [1.165, 1.54) is 5.38 Å². The van der Waals surface area contributed by atoms with E-state index >= 15 is 0 Å². The first-order valence-corrected chi connectivity index (χ1v) is 14.9. The van der Waals surface area contributed by atoms with Gasteiger partial charge < -0.3 is 41.9 Å². The Balaban J connectivity index is 1.49. The van der Waals surface area contributed by atoms with Gasteiger partial charge in [0.25, 0.3) is 11.8 Å². The molecular weight excluding hydrogens is 632 g/mol. The number of aliphatic carboxylic acids is 1. The molecule has 9 N–H and O–H groups in total. The highest BCUT2D eigenvalue weighted by molar-refractivity contribution is 7.84. The number of aromatic nitrogens is 2. The van der Waals surface area contributed by atoms with Crippen LogP contribution in [0.4, 0.5) is 9.93 Å². The van der Waals surface area contributed by atoms with Gasteiger partial charge in [-0.1, -0.05) is 5.16 Å². The van der Waals surface area contributed by atoms with Crippen molar-refractivity contribution in [1.29, 1.82) is 0 Å². The van der Waals surface area contributed by atoms with Crippen LogP contribution in [0.5, 0.6) is 5.88 Å². The number of nitrogens with one attached hydrogen (secondary N) is 3. The van der Waals surface area contributed by atoms with Gasteiger partial charge in [-0.05, 0) is 12.8 Å². The standard InChI is InChI=1S/C22H26N8O12S2/c23-20-26-12(9-43-20)15(28-42-22(19(35)36)3-1-2-4-22)17(33)27-16-13(30(18(16)34)44(39,40)41)8-25-21(37)24-7-10-5-11(31)6-14(32)29(10)38/h5-6,9,13,16,32,38H,1-4,7-8H2,(H2,23,26)(H,27,33)(H,35,36)(H2,24,25,37)(H,39,40,41)/b28-15-/t13-,16+/m1/s1. The monoisotopic (exact) mass is 658 g/mol. The number of hydrogen-bond donors (Lipinski definition) is 8. The highest BCUT2D eigenvalue weighted by atomic mass is 32.2. The summed E-state index contributed by atoms with van der Waals surface area (Å²) in [5.74, 6) is -4.50. The molecule has 1 saturated heterocycles. The Labute approximate surface area is 250 Å². The van der Waals surface area contributed by atoms with Crippen LogP contribution in [0.2, 0.25) is 0 Å². The Morgan fingerprint density at radius 3 is 2.48 bits per heavy atom. The Hall–Kier alpha value is -4.96. The number of pyridine rings is 1. The van der Waals surface area contributed by atoms with E-state index in [2.05, 4.69) is 26.1 Å². The maximum Gasteiger partial charge on any atom is 0.362 e. The van der Waals surface area contributed by atoms with Crippen molar-refractivity contribution in [1.82, 2.24) is 30.0 Å². The normalized spacial score (nSPS) is 19.6. The Morgan fingerprint density at radius 1 is 1.20 bits per heavy atom. The third-order valence-corrected chi connectivity index (χ3v) is 8.39. The maximum absolute atomic E-state index is 13.3. The Kier molecular flexibility index (Phi) is 8.96. The molecule has 238 valence electrons. The molecule has 1 aliphatic carbocycles. The van der Waals surface area contributed by atoms with Crippen molar-refractivity contribution in [3.05, 3.63) is 39.1 Å². The average Bonchev–Trinajstić information content (AvgIpc) is 3.60. The van der Waals surface area contributed by atoms with Crippen molar-refractivity contribution in [2.24, 2.45) is 5.16 Å². The van der Waals surface area contributed by atoms with Gasteiger partial charge in [0.05, 0.1) is 18.3 Å². The van der Waals surface area contributed by atoms with Gasteiger partial charge in [-0.3, -0.25) is 18.9 Å². The third-order valence-electron chi connectivity index (χ3n) is 6.77. The average molecular weight is 659 g/mol. The molecule has 4 amide bonds. The molecule has 2 aromatic rings. The molecule has 0 bridgehead atoms. The number of carboxylic acids is 1. The minimum atomic E-state index is -5.15. The zero-order chi connectivity index (χ0) is 32.4. The maximum atomic E-state index is 13.3. The number of nitrogen functional groups attached to an aromatic ring is 1. The molecule has 0 unspecified atom stereocenters. The summed E-state index contributed by atoms with van der Waals surface area (Å²) in [7, 11) is -5.15. The first-order chi connectivity index (χ1) is 20.6. The number of thiazole rings is 1. The highest BCUT2D eigenvalue weighted by Gasteiger charge is 2.54. The lowest BCUT2D eigenvalue weighted by Gasteiger charge is -2.44. The predicted molar refractivity (Wildman–Crippen MR) is 147 cm³/mol. The van der Waals surface area contributed by atoms with E-state index in [0.717, 1.165) is 23.5 Å². The van der Waals surface area contributed by atoms with Gasteiger partial charge >= 0.3 is 22.3 Å². The van der Waals surface area contributed by atoms with Crippen LogP contribution in [0.3, 0.4) is 0 Å². The van der Waals surface area contributed by atoms with E-state index in [1.807, 2.05) is 0 Å². The van der Waals surface area contributed by atoms with Gasteiger partial charge in [-0.15, -0.1) is 11.3 Å². The number of oxime groups is 1.